The number of hydrogen-bond donors (Lipinski definition) is 1. The van der Waals surface area contributed by atoms with Gasteiger partial charge in [-0.2, -0.15) is 4.98 Å². The summed E-state index contributed by atoms with van der Waals surface area (Å²) >= 11 is 5.95. The van der Waals surface area contributed by atoms with Gasteiger partial charge in [0.15, 0.2) is 0 Å². The van der Waals surface area contributed by atoms with Gasteiger partial charge in [-0.15, -0.1) is 0 Å². The van der Waals surface area contributed by atoms with Gasteiger partial charge in [-0.3, -0.25) is 4.90 Å². The lowest BCUT2D eigenvalue weighted by atomic mass is 10.2. The summed E-state index contributed by atoms with van der Waals surface area (Å²) in [6.07, 6.45) is 0. The van der Waals surface area contributed by atoms with Crippen LogP contribution in [0, 0.1) is 0 Å². The SMILES string of the molecule is Nc1nc(N2CCN(Cc3ccc(Cl)cc3)CC2)nc2ccccc12. The topological polar surface area (TPSA) is 58.3 Å². The first kappa shape index (κ1) is 16.1. The molecule has 0 saturated carbocycles. The zero-order chi connectivity index (χ0) is 17.2. The van der Waals surface area contributed by atoms with Gasteiger partial charge in [0.2, 0.25) is 5.95 Å². The molecule has 1 aromatic heterocycles. The smallest absolute Gasteiger partial charge is 0.227 e. The number of fused-ring (bicyclic) bond motifs is 1. The molecule has 0 bridgehead atoms. The van der Waals surface area contributed by atoms with Crippen LogP contribution >= 0.6 is 11.6 Å². The standard InChI is InChI=1S/C19H20ClN5/c20-15-7-5-14(6-8-15)13-24-9-11-25(12-10-24)19-22-17-4-2-1-3-16(17)18(21)23-19/h1-8H,9-13H2,(H2,21,22,23). The van der Waals surface area contributed by atoms with Gasteiger partial charge in [0.05, 0.1) is 5.52 Å². The van der Waals surface area contributed by atoms with Crippen LogP contribution in [0.25, 0.3) is 10.9 Å². The molecule has 25 heavy (non-hydrogen) atoms. The first-order chi connectivity index (χ1) is 12.2. The lowest BCUT2D eigenvalue weighted by molar-refractivity contribution is 0.249. The number of halogens is 1. The number of nitrogen functional groups attached to an aromatic ring is 1. The van der Waals surface area contributed by atoms with Gasteiger partial charge in [0.25, 0.3) is 0 Å². The van der Waals surface area contributed by atoms with Gasteiger partial charge >= 0.3 is 0 Å². The second-order valence-corrected chi connectivity index (χ2v) is 6.75. The van der Waals surface area contributed by atoms with Crippen molar-refractivity contribution < 1.29 is 0 Å². The Labute approximate surface area is 152 Å². The Kier molecular flexibility index (Phi) is 4.42. The molecule has 1 aliphatic rings. The number of hydrogen-bond acceptors (Lipinski definition) is 5. The molecular weight excluding hydrogens is 334 g/mol. The maximum absolute atomic E-state index is 6.11. The molecule has 1 aliphatic heterocycles. The van der Waals surface area contributed by atoms with Crippen LogP contribution in [-0.2, 0) is 6.54 Å². The fourth-order valence-electron chi connectivity index (χ4n) is 3.18. The van der Waals surface area contributed by atoms with Gasteiger partial charge in [-0.1, -0.05) is 35.9 Å². The zero-order valence-electron chi connectivity index (χ0n) is 13.9. The van der Waals surface area contributed by atoms with E-state index in [1.807, 2.05) is 36.4 Å². The molecule has 0 aliphatic carbocycles. The van der Waals surface area contributed by atoms with Crippen LogP contribution < -0.4 is 10.6 Å². The molecule has 0 unspecified atom stereocenters. The van der Waals surface area contributed by atoms with E-state index >= 15 is 0 Å². The quantitative estimate of drug-likeness (QED) is 0.783. The molecule has 0 amide bonds. The van der Waals surface area contributed by atoms with E-state index in [1.165, 1.54) is 5.56 Å². The van der Waals surface area contributed by atoms with Crippen molar-refractivity contribution in [2.75, 3.05) is 36.8 Å². The Morgan fingerprint density at radius 3 is 2.40 bits per heavy atom. The van der Waals surface area contributed by atoms with Crippen molar-refractivity contribution in [3.63, 3.8) is 0 Å². The normalized spacial score (nSPS) is 15.6. The third-order valence-electron chi connectivity index (χ3n) is 4.60. The Morgan fingerprint density at radius 2 is 1.64 bits per heavy atom. The highest BCUT2D eigenvalue weighted by atomic mass is 35.5. The summed E-state index contributed by atoms with van der Waals surface area (Å²) in [5.41, 5.74) is 8.28. The van der Waals surface area contributed by atoms with E-state index in [-0.39, 0.29) is 0 Å². The van der Waals surface area contributed by atoms with Crippen LogP contribution in [0.5, 0.6) is 0 Å². The summed E-state index contributed by atoms with van der Waals surface area (Å²) in [4.78, 5) is 13.8. The molecule has 1 fully saturated rings. The Bertz CT molecular complexity index is 873. The van der Waals surface area contributed by atoms with E-state index in [0.29, 0.717) is 5.82 Å². The molecule has 1 saturated heterocycles. The van der Waals surface area contributed by atoms with Gasteiger partial charge in [-0.05, 0) is 29.8 Å². The Balaban J connectivity index is 1.44. The number of anilines is 2. The summed E-state index contributed by atoms with van der Waals surface area (Å²) in [7, 11) is 0. The number of para-hydroxylation sites is 1. The van der Waals surface area contributed by atoms with Crippen molar-refractivity contribution in [1.82, 2.24) is 14.9 Å². The molecule has 0 radical (unpaired) electrons. The van der Waals surface area contributed by atoms with Crippen molar-refractivity contribution in [3.8, 4) is 0 Å². The first-order valence-electron chi connectivity index (χ1n) is 8.43. The van der Waals surface area contributed by atoms with Crippen molar-refractivity contribution in [1.29, 1.82) is 0 Å². The number of piperazine rings is 1. The number of nitrogens with zero attached hydrogens (tertiary/aromatic N) is 4. The van der Waals surface area contributed by atoms with Crippen LogP contribution in [-0.4, -0.2) is 41.0 Å². The highest BCUT2D eigenvalue weighted by Gasteiger charge is 2.20. The monoisotopic (exact) mass is 353 g/mol. The minimum absolute atomic E-state index is 0.546. The highest BCUT2D eigenvalue weighted by Crippen LogP contribution is 2.22. The van der Waals surface area contributed by atoms with E-state index in [0.717, 1.165) is 54.6 Å². The van der Waals surface area contributed by atoms with E-state index in [4.69, 9.17) is 17.3 Å². The predicted octanol–water partition coefficient (Wildman–Crippen LogP) is 3.19. The lowest BCUT2D eigenvalue weighted by Gasteiger charge is -2.34. The lowest BCUT2D eigenvalue weighted by Crippen LogP contribution is -2.46. The van der Waals surface area contributed by atoms with E-state index < -0.39 is 0 Å². The Morgan fingerprint density at radius 1 is 0.920 bits per heavy atom. The molecular formula is C19H20ClN5. The van der Waals surface area contributed by atoms with Crippen molar-refractivity contribution in [2.24, 2.45) is 0 Å². The minimum Gasteiger partial charge on any atom is -0.383 e. The summed E-state index contributed by atoms with van der Waals surface area (Å²) in [5.74, 6) is 1.27. The van der Waals surface area contributed by atoms with Gasteiger partial charge < -0.3 is 10.6 Å². The molecule has 0 atom stereocenters. The molecule has 5 nitrogen and oxygen atoms in total. The fourth-order valence-corrected chi connectivity index (χ4v) is 3.31. The van der Waals surface area contributed by atoms with Crippen molar-refractivity contribution >= 4 is 34.3 Å². The van der Waals surface area contributed by atoms with Gasteiger partial charge in [-0.25, -0.2) is 4.98 Å². The molecule has 2 N–H and O–H groups in total. The van der Waals surface area contributed by atoms with E-state index in [2.05, 4.69) is 31.9 Å². The first-order valence-corrected chi connectivity index (χ1v) is 8.81. The maximum Gasteiger partial charge on any atom is 0.227 e. The summed E-state index contributed by atoms with van der Waals surface area (Å²) in [6, 6.07) is 15.9. The largest absolute Gasteiger partial charge is 0.383 e. The second-order valence-electron chi connectivity index (χ2n) is 6.32. The molecule has 0 spiro atoms. The molecule has 128 valence electrons. The average Bonchev–Trinajstić information content (AvgIpc) is 2.64. The molecule has 2 aromatic carbocycles. The van der Waals surface area contributed by atoms with Crippen molar-refractivity contribution in [3.05, 3.63) is 59.1 Å². The van der Waals surface area contributed by atoms with Crippen LogP contribution in [0.2, 0.25) is 5.02 Å². The Hall–Kier alpha value is -2.37. The summed E-state index contributed by atoms with van der Waals surface area (Å²) < 4.78 is 0. The second kappa shape index (κ2) is 6.86. The van der Waals surface area contributed by atoms with Crippen LogP contribution in [0.1, 0.15) is 5.56 Å². The number of aromatic nitrogens is 2. The fraction of sp³-hybridized carbons (Fsp3) is 0.263. The maximum atomic E-state index is 6.11. The molecule has 6 heteroatoms. The summed E-state index contributed by atoms with van der Waals surface area (Å²) in [6.45, 7) is 4.67. The predicted molar refractivity (Wildman–Crippen MR) is 103 cm³/mol. The number of benzene rings is 2. The molecule has 2 heterocycles. The van der Waals surface area contributed by atoms with E-state index in [1.54, 1.807) is 0 Å². The highest BCUT2D eigenvalue weighted by molar-refractivity contribution is 6.30. The van der Waals surface area contributed by atoms with Crippen LogP contribution in [0.3, 0.4) is 0 Å². The number of rotatable bonds is 3. The van der Waals surface area contributed by atoms with Gasteiger partial charge in [0, 0.05) is 43.1 Å². The zero-order valence-corrected chi connectivity index (χ0v) is 14.7. The average molecular weight is 354 g/mol. The molecule has 3 aromatic rings. The molecule has 4 rings (SSSR count). The van der Waals surface area contributed by atoms with Crippen LogP contribution in [0.4, 0.5) is 11.8 Å². The third kappa shape index (κ3) is 3.52. The number of nitrogens with two attached hydrogens (primary N) is 1. The summed E-state index contributed by atoms with van der Waals surface area (Å²) in [5, 5.41) is 1.69. The van der Waals surface area contributed by atoms with E-state index in [9.17, 15) is 0 Å². The van der Waals surface area contributed by atoms with Gasteiger partial charge in [0.1, 0.15) is 5.82 Å². The third-order valence-corrected chi connectivity index (χ3v) is 4.85. The minimum atomic E-state index is 0.546. The van der Waals surface area contributed by atoms with Crippen LogP contribution in [0.15, 0.2) is 48.5 Å². The van der Waals surface area contributed by atoms with Crippen molar-refractivity contribution in [2.45, 2.75) is 6.54 Å².